The molecule has 1 N–H and O–H groups in total. The summed E-state index contributed by atoms with van der Waals surface area (Å²) >= 11 is 0. The lowest BCUT2D eigenvalue weighted by Crippen LogP contribution is -2.57. The van der Waals surface area contributed by atoms with Crippen LogP contribution in [0.4, 0.5) is 0 Å². The number of hydrogen-bond donors (Lipinski definition) is 1. The molecule has 3 unspecified atom stereocenters. The highest BCUT2D eigenvalue weighted by atomic mass is 16.5. The maximum absolute atomic E-state index is 5.73. The zero-order chi connectivity index (χ0) is 13.0. The van der Waals surface area contributed by atoms with Crippen LogP contribution in [-0.4, -0.2) is 48.8 Å². The fourth-order valence-electron chi connectivity index (χ4n) is 3.87. The van der Waals surface area contributed by atoms with Crippen LogP contribution in [0.1, 0.15) is 52.9 Å². The van der Waals surface area contributed by atoms with E-state index in [1.807, 2.05) is 0 Å². The van der Waals surface area contributed by atoms with Crippen LogP contribution >= 0.6 is 0 Å². The molecule has 0 radical (unpaired) electrons. The van der Waals surface area contributed by atoms with E-state index in [2.05, 4.69) is 31.0 Å². The van der Waals surface area contributed by atoms with Crippen molar-refractivity contribution in [1.29, 1.82) is 0 Å². The number of nitrogens with zero attached hydrogens (tertiary/aromatic N) is 1. The van der Waals surface area contributed by atoms with Crippen molar-refractivity contribution in [1.82, 2.24) is 10.2 Å². The third-order valence-electron chi connectivity index (χ3n) is 4.54. The average molecular weight is 254 g/mol. The van der Waals surface area contributed by atoms with E-state index in [0.29, 0.717) is 6.10 Å². The SMILES string of the molecule is CCNC1CC2CCCC(C1)N2CC(C)OCC. The molecule has 106 valence electrons. The van der Waals surface area contributed by atoms with E-state index in [4.69, 9.17) is 4.74 Å². The Morgan fingerprint density at radius 3 is 2.44 bits per heavy atom. The molecule has 3 atom stereocenters. The van der Waals surface area contributed by atoms with Crippen molar-refractivity contribution >= 4 is 0 Å². The predicted octanol–water partition coefficient (Wildman–Crippen LogP) is 2.41. The minimum absolute atomic E-state index is 0.383. The Morgan fingerprint density at radius 1 is 1.22 bits per heavy atom. The van der Waals surface area contributed by atoms with Crippen molar-refractivity contribution in [3.05, 3.63) is 0 Å². The lowest BCUT2D eigenvalue weighted by Gasteiger charge is -2.49. The van der Waals surface area contributed by atoms with Crippen molar-refractivity contribution in [2.45, 2.75) is 77.1 Å². The van der Waals surface area contributed by atoms with Gasteiger partial charge in [-0.25, -0.2) is 0 Å². The van der Waals surface area contributed by atoms with E-state index < -0.39 is 0 Å². The number of fused-ring (bicyclic) bond motifs is 2. The summed E-state index contributed by atoms with van der Waals surface area (Å²) in [5.41, 5.74) is 0. The van der Waals surface area contributed by atoms with Crippen LogP contribution < -0.4 is 5.32 Å². The van der Waals surface area contributed by atoms with E-state index in [1.54, 1.807) is 0 Å². The molecule has 2 fully saturated rings. The maximum Gasteiger partial charge on any atom is 0.0673 e. The van der Waals surface area contributed by atoms with E-state index in [1.165, 1.54) is 32.1 Å². The zero-order valence-corrected chi connectivity index (χ0v) is 12.3. The highest BCUT2D eigenvalue weighted by Gasteiger charge is 2.38. The van der Waals surface area contributed by atoms with Gasteiger partial charge in [-0.05, 0) is 46.1 Å². The predicted molar refractivity (Wildman–Crippen MR) is 75.9 cm³/mol. The summed E-state index contributed by atoms with van der Waals surface area (Å²) in [6.45, 7) is 9.61. The van der Waals surface area contributed by atoms with Gasteiger partial charge in [-0.3, -0.25) is 4.90 Å². The van der Waals surface area contributed by atoms with Crippen molar-refractivity contribution in [3.8, 4) is 0 Å². The minimum atomic E-state index is 0.383. The molecule has 2 rings (SSSR count). The first-order valence-corrected chi connectivity index (χ1v) is 7.85. The molecule has 3 nitrogen and oxygen atoms in total. The molecule has 2 aliphatic rings. The Hall–Kier alpha value is -0.120. The number of ether oxygens (including phenoxy) is 1. The molecule has 0 saturated carbocycles. The molecule has 0 amide bonds. The third kappa shape index (κ3) is 3.46. The Labute approximate surface area is 112 Å². The monoisotopic (exact) mass is 254 g/mol. The van der Waals surface area contributed by atoms with Crippen LogP contribution in [0.2, 0.25) is 0 Å². The number of nitrogens with one attached hydrogen (secondary N) is 1. The van der Waals surface area contributed by atoms with Crippen molar-refractivity contribution in [2.24, 2.45) is 0 Å². The van der Waals surface area contributed by atoms with Gasteiger partial charge in [-0.2, -0.15) is 0 Å². The summed E-state index contributed by atoms with van der Waals surface area (Å²) in [6, 6.07) is 2.35. The third-order valence-corrected chi connectivity index (χ3v) is 4.54. The van der Waals surface area contributed by atoms with Crippen molar-refractivity contribution in [2.75, 3.05) is 19.7 Å². The van der Waals surface area contributed by atoms with Gasteiger partial charge in [0.25, 0.3) is 0 Å². The molecule has 2 saturated heterocycles. The fourth-order valence-corrected chi connectivity index (χ4v) is 3.87. The Morgan fingerprint density at radius 2 is 1.89 bits per heavy atom. The van der Waals surface area contributed by atoms with Crippen LogP contribution in [0, 0.1) is 0 Å². The summed E-state index contributed by atoms with van der Waals surface area (Å²) in [5, 5.41) is 3.65. The smallest absolute Gasteiger partial charge is 0.0673 e. The van der Waals surface area contributed by atoms with Gasteiger partial charge in [0.2, 0.25) is 0 Å². The topological polar surface area (TPSA) is 24.5 Å². The molecule has 0 spiro atoms. The van der Waals surface area contributed by atoms with E-state index in [9.17, 15) is 0 Å². The maximum atomic E-state index is 5.73. The zero-order valence-electron chi connectivity index (χ0n) is 12.3. The molecule has 0 aliphatic carbocycles. The average Bonchev–Trinajstić information content (AvgIpc) is 2.30. The molecule has 2 aliphatic heterocycles. The summed E-state index contributed by atoms with van der Waals surface area (Å²) in [4.78, 5) is 2.75. The summed E-state index contributed by atoms with van der Waals surface area (Å²) < 4.78 is 5.73. The number of piperidine rings is 2. The summed E-state index contributed by atoms with van der Waals surface area (Å²) in [6.07, 6.45) is 7.25. The summed E-state index contributed by atoms with van der Waals surface area (Å²) in [7, 11) is 0. The van der Waals surface area contributed by atoms with Gasteiger partial charge in [-0.15, -0.1) is 0 Å². The number of hydrogen-bond acceptors (Lipinski definition) is 3. The second-order valence-electron chi connectivity index (χ2n) is 5.93. The van der Waals surface area contributed by atoms with E-state index in [-0.39, 0.29) is 0 Å². The second kappa shape index (κ2) is 6.88. The van der Waals surface area contributed by atoms with Crippen LogP contribution in [0.25, 0.3) is 0 Å². The van der Waals surface area contributed by atoms with Crippen LogP contribution in [0.3, 0.4) is 0 Å². The lowest BCUT2D eigenvalue weighted by atomic mass is 9.81. The number of rotatable bonds is 6. The first-order chi connectivity index (χ1) is 8.74. The highest BCUT2D eigenvalue weighted by molar-refractivity contribution is 4.95. The van der Waals surface area contributed by atoms with Gasteiger partial charge in [0, 0.05) is 31.3 Å². The molecule has 2 bridgehead atoms. The van der Waals surface area contributed by atoms with Crippen LogP contribution in [-0.2, 0) is 4.74 Å². The first kappa shape index (κ1) is 14.3. The molecular formula is C15H30N2O. The standard InChI is InChI=1S/C15H30N2O/c1-4-16-13-9-14-7-6-8-15(10-13)17(14)11-12(3)18-5-2/h12-16H,4-11H2,1-3H3. The molecule has 18 heavy (non-hydrogen) atoms. The molecular weight excluding hydrogens is 224 g/mol. The van der Waals surface area contributed by atoms with Gasteiger partial charge in [0.1, 0.15) is 0 Å². The van der Waals surface area contributed by atoms with Gasteiger partial charge in [0.15, 0.2) is 0 Å². The van der Waals surface area contributed by atoms with Gasteiger partial charge in [0.05, 0.1) is 6.10 Å². The molecule has 2 heterocycles. The van der Waals surface area contributed by atoms with Gasteiger partial charge >= 0.3 is 0 Å². The largest absolute Gasteiger partial charge is 0.377 e. The highest BCUT2D eigenvalue weighted by Crippen LogP contribution is 2.34. The Kier molecular flexibility index (Phi) is 5.46. The van der Waals surface area contributed by atoms with Crippen LogP contribution in [0.15, 0.2) is 0 Å². The van der Waals surface area contributed by atoms with Gasteiger partial charge < -0.3 is 10.1 Å². The molecule has 0 aromatic carbocycles. The fraction of sp³-hybridized carbons (Fsp3) is 1.00. The quantitative estimate of drug-likeness (QED) is 0.788. The first-order valence-electron chi connectivity index (χ1n) is 7.85. The van der Waals surface area contributed by atoms with Crippen molar-refractivity contribution in [3.63, 3.8) is 0 Å². The summed E-state index contributed by atoms with van der Waals surface area (Å²) in [5.74, 6) is 0. The Bertz CT molecular complexity index is 233. The lowest BCUT2D eigenvalue weighted by molar-refractivity contribution is -0.0263. The molecule has 0 aromatic rings. The minimum Gasteiger partial charge on any atom is -0.377 e. The van der Waals surface area contributed by atoms with Crippen molar-refractivity contribution < 1.29 is 4.74 Å². The Balaban J connectivity index is 1.91. The van der Waals surface area contributed by atoms with Gasteiger partial charge in [-0.1, -0.05) is 13.3 Å². The van der Waals surface area contributed by atoms with E-state index >= 15 is 0 Å². The molecule has 0 aromatic heterocycles. The normalized spacial score (nSPS) is 34.5. The molecule has 3 heteroatoms. The second-order valence-corrected chi connectivity index (χ2v) is 5.93. The van der Waals surface area contributed by atoms with Crippen LogP contribution in [0.5, 0.6) is 0 Å². The van der Waals surface area contributed by atoms with E-state index in [0.717, 1.165) is 37.8 Å².